The van der Waals surface area contributed by atoms with Crippen molar-refractivity contribution in [3.8, 4) is 11.3 Å². The van der Waals surface area contributed by atoms with Gasteiger partial charge in [-0.1, -0.05) is 54.6 Å². The molecule has 1 aliphatic heterocycles. The third kappa shape index (κ3) is 4.74. The summed E-state index contributed by atoms with van der Waals surface area (Å²) in [6.07, 6.45) is 8.88. The van der Waals surface area contributed by atoms with E-state index in [0.717, 1.165) is 25.7 Å². The molecule has 0 radical (unpaired) electrons. The molecule has 5 nitrogen and oxygen atoms in total. The van der Waals surface area contributed by atoms with Crippen LogP contribution in [0.1, 0.15) is 37.9 Å². The Bertz CT molecular complexity index is 1210. The topological polar surface area (TPSA) is 58.7 Å². The number of furan rings is 1. The molecule has 0 bridgehead atoms. The first-order valence-electron chi connectivity index (χ1n) is 10.9. The van der Waals surface area contributed by atoms with Crippen molar-refractivity contribution in [2.45, 2.75) is 38.1 Å². The minimum Gasteiger partial charge on any atom is -0.457 e. The molecule has 0 atom stereocenters. The lowest BCUT2D eigenvalue weighted by Gasteiger charge is -2.30. The number of amides is 1. The Balaban J connectivity index is 1.48. The maximum absolute atomic E-state index is 13.4. The van der Waals surface area contributed by atoms with Crippen molar-refractivity contribution < 1.29 is 9.21 Å². The molecule has 1 aliphatic carbocycles. The lowest BCUT2D eigenvalue weighted by Crippen LogP contribution is -2.40. The molecular formula is C25H21Cl2N3O2S. The van der Waals surface area contributed by atoms with Crippen molar-refractivity contribution in [2.24, 2.45) is 4.99 Å². The zero-order chi connectivity index (χ0) is 22.8. The van der Waals surface area contributed by atoms with Gasteiger partial charge in [0.15, 0.2) is 11.0 Å². The SMILES string of the molecule is O=C1/C(=C\c2ccc(-c3c(Cl)cccc3Cl)o2)S/C(=N/c2ccccn2)N1C1CCCCC1. The predicted octanol–water partition coefficient (Wildman–Crippen LogP) is 7.59. The van der Waals surface area contributed by atoms with E-state index in [1.165, 1.54) is 18.2 Å². The number of pyridine rings is 1. The van der Waals surface area contributed by atoms with Gasteiger partial charge in [0.05, 0.1) is 20.5 Å². The largest absolute Gasteiger partial charge is 0.457 e. The predicted molar refractivity (Wildman–Crippen MR) is 135 cm³/mol. The fraction of sp³-hybridized carbons (Fsp3) is 0.240. The Morgan fingerprint density at radius 2 is 1.82 bits per heavy atom. The van der Waals surface area contributed by atoms with Gasteiger partial charge in [-0.15, -0.1) is 0 Å². The number of aromatic nitrogens is 1. The summed E-state index contributed by atoms with van der Waals surface area (Å²) in [7, 11) is 0. The minimum absolute atomic E-state index is 0.0460. The summed E-state index contributed by atoms with van der Waals surface area (Å²) in [6.45, 7) is 0. The highest BCUT2D eigenvalue weighted by molar-refractivity contribution is 8.18. The van der Waals surface area contributed by atoms with E-state index in [2.05, 4.69) is 4.98 Å². The van der Waals surface area contributed by atoms with E-state index in [1.807, 2.05) is 35.2 Å². The van der Waals surface area contributed by atoms with Gasteiger partial charge < -0.3 is 4.42 Å². The molecule has 1 amide bonds. The highest BCUT2D eigenvalue weighted by Crippen LogP contribution is 2.40. The third-order valence-corrected chi connectivity index (χ3v) is 7.36. The molecule has 2 fully saturated rings. The van der Waals surface area contributed by atoms with Crippen molar-refractivity contribution in [3.63, 3.8) is 0 Å². The number of hydrogen-bond acceptors (Lipinski definition) is 5. The molecular weight excluding hydrogens is 477 g/mol. The number of halogens is 2. The molecule has 33 heavy (non-hydrogen) atoms. The van der Waals surface area contributed by atoms with Gasteiger partial charge in [-0.2, -0.15) is 0 Å². The number of benzene rings is 1. The number of hydrogen-bond donors (Lipinski definition) is 0. The van der Waals surface area contributed by atoms with Crippen LogP contribution in [-0.4, -0.2) is 27.0 Å². The molecule has 3 aromatic rings. The summed E-state index contributed by atoms with van der Waals surface area (Å²) in [6, 6.07) is 14.7. The Kier molecular flexibility index (Phi) is 6.58. The second kappa shape index (κ2) is 9.75. The third-order valence-electron chi connectivity index (χ3n) is 5.75. The van der Waals surface area contributed by atoms with Crippen LogP contribution in [0.5, 0.6) is 0 Å². The quantitative estimate of drug-likeness (QED) is 0.348. The smallest absolute Gasteiger partial charge is 0.267 e. The Hall–Kier alpha value is -2.54. The standard InChI is InChI=1S/C25H21Cl2N3O2S/c26-18-9-6-10-19(27)23(18)20-13-12-17(32-20)15-21-24(31)30(16-7-2-1-3-8-16)25(33-21)29-22-11-4-5-14-28-22/h4-6,9-16H,1-3,7-8H2/b21-15+,29-25+. The van der Waals surface area contributed by atoms with Crippen molar-refractivity contribution in [1.29, 1.82) is 0 Å². The first-order valence-corrected chi connectivity index (χ1v) is 12.4. The first-order chi connectivity index (χ1) is 16.1. The van der Waals surface area contributed by atoms with Gasteiger partial charge >= 0.3 is 0 Å². The van der Waals surface area contributed by atoms with E-state index in [-0.39, 0.29) is 11.9 Å². The number of carbonyl (C=O) groups excluding carboxylic acids is 1. The van der Waals surface area contributed by atoms with Gasteiger partial charge in [-0.25, -0.2) is 9.98 Å². The van der Waals surface area contributed by atoms with Gasteiger partial charge in [0.25, 0.3) is 5.91 Å². The summed E-state index contributed by atoms with van der Waals surface area (Å²) in [5.41, 5.74) is 0.636. The van der Waals surface area contributed by atoms with Crippen molar-refractivity contribution >= 4 is 57.9 Å². The van der Waals surface area contributed by atoms with Crippen LogP contribution in [0.25, 0.3) is 17.4 Å². The van der Waals surface area contributed by atoms with Crippen LogP contribution in [0.2, 0.25) is 10.0 Å². The molecule has 1 saturated heterocycles. The molecule has 1 saturated carbocycles. The number of rotatable bonds is 4. The van der Waals surface area contributed by atoms with E-state index in [0.29, 0.717) is 43.0 Å². The summed E-state index contributed by atoms with van der Waals surface area (Å²) in [5, 5.41) is 1.68. The van der Waals surface area contributed by atoms with Crippen LogP contribution in [0, 0.1) is 0 Å². The number of carbonyl (C=O) groups is 1. The van der Waals surface area contributed by atoms with Gasteiger partial charge in [-0.3, -0.25) is 9.69 Å². The maximum atomic E-state index is 13.4. The fourth-order valence-corrected chi connectivity index (χ4v) is 5.78. The van der Waals surface area contributed by atoms with Crippen molar-refractivity contribution in [1.82, 2.24) is 9.88 Å². The molecule has 168 valence electrons. The number of aliphatic imine (C=N–C) groups is 1. The van der Waals surface area contributed by atoms with E-state index >= 15 is 0 Å². The van der Waals surface area contributed by atoms with E-state index in [1.54, 1.807) is 30.5 Å². The highest BCUT2D eigenvalue weighted by Gasteiger charge is 2.39. The Labute approximate surface area is 206 Å². The molecule has 3 heterocycles. The maximum Gasteiger partial charge on any atom is 0.267 e. The second-order valence-electron chi connectivity index (χ2n) is 7.96. The molecule has 1 aromatic carbocycles. The van der Waals surface area contributed by atoms with Crippen molar-refractivity contribution in [2.75, 3.05) is 0 Å². The molecule has 0 unspecified atom stereocenters. The van der Waals surface area contributed by atoms with Crippen LogP contribution in [0.4, 0.5) is 5.82 Å². The molecule has 5 rings (SSSR count). The zero-order valence-corrected chi connectivity index (χ0v) is 20.0. The number of amidine groups is 1. The average molecular weight is 498 g/mol. The fourth-order valence-electron chi connectivity index (χ4n) is 4.17. The lowest BCUT2D eigenvalue weighted by atomic mass is 9.94. The monoisotopic (exact) mass is 497 g/mol. The van der Waals surface area contributed by atoms with E-state index < -0.39 is 0 Å². The van der Waals surface area contributed by atoms with E-state index in [4.69, 9.17) is 32.6 Å². The Morgan fingerprint density at radius 1 is 1.03 bits per heavy atom. The summed E-state index contributed by atoms with van der Waals surface area (Å²) < 4.78 is 5.99. The Morgan fingerprint density at radius 3 is 2.55 bits per heavy atom. The van der Waals surface area contributed by atoms with E-state index in [9.17, 15) is 4.79 Å². The van der Waals surface area contributed by atoms with Gasteiger partial charge in [0.2, 0.25) is 0 Å². The first kappa shape index (κ1) is 22.3. The molecule has 0 N–H and O–H groups in total. The van der Waals surface area contributed by atoms with Gasteiger partial charge in [-0.05, 0) is 61.0 Å². The highest BCUT2D eigenvalue weighted by atomic mass is 35.5. The van der Waals surface area contributed by atoms with Crippen LogP contribution < -0.4 is 0 Å². The van der Waals surface area contributed by atoms with Crippen LogP contribution >= 0.6 is 35.0 Å². The summed E-state index contributed by atoms with van der Waals surface area (Å²) in [4.78, 5) is 24.9. The second-order valence-corrected chi connectivity index (χ2v) is 9.78. The number of thioether (sulfide) groups is 1. The van der Waals surface area contributed by atoms with Crippen molar-refractivity contribution in [3.05, 3.63) is 75.4 Å². The minimum atomic E-state index is -0.0460. The normalized spacial score (nSPS) is 19.7. The molecule has 8 heteroatoms. The lowest BCUT2D eigenvalue weighted by molar-refractivity contribution is -0.124. The van der Waals surface area contributed by atoms with Crippen LogP contribution in [0.3, 0.4) is 0 Å². The van der Waals surface area contributed by atoms with Crippen LogP contribution in [0.15, 0.2) is 69.0 Å². The number of nitrogens with zero attached hydrogens (tertiary/aromatic N) is 3. The van der Waals surface area contributed by atoms with Gasteiger partial charge in [0.1, 0.15) is 11.5 Å². The van der Waals surface area contributed by atoms with Gasteiger partial charge in [0, 0.05) is 18.3 Å². The molecule has 2 aliphatic rings. The van der Waals surface area contributed by atoms with Crippen LogP contribution in [-0.2, 0) is 4.79 Å². The average Bonchev–Trinajstić information content (AvgIpc) is 3.39. The zero-order valence-electron chi connectivity index (χ0n) is 17.7. The molecule has 0 spiro atoms. The molecule has 2 aromatic heterocycles. The summed E-state index contributed by atoms with van der Waals surface area (Å²) >= 11 is 14.0. The summed E-state index contributed by atoms with van der Waals surface area (Å²) in [5.74, 6) is 1.65.